The average Bonchev–Trinajstić information content (AvgIpc) is 3.30. The van der Waals surface area contributed by atoms with Gasteiger partial charge in [-0.1, -0.05) is 12.1 Å². The van der Waals surface area contributed by atoms with Crippen LogP contribution in [0, 0.1) is 6.92 Å². The SMILES string of the molecule is CCc1noc2ncc(S(=O)(=O)N3CC[C@H](Oc4cccnc4C)C3)cc12. The number of rotatable bonds is 5. The Balaban J connectivity index is 1.55. The third kappa shape index (κ3) is 3.28. The molecule has 0 unspecified atom stereocenters. The first-order chi connectivity index (χ1) is 13.0. The number of fused-ring (bicyclic) bond motifs is 1. The number of sulfonamides is 1. The van der Waals surface area contributed by atoms with Crippen molar-refractivity contribution in [1.29, 1.82) is 0 Å². The molecule has 1 atom stereocenters. The number of hydrogen-bond acceptors (Lipinski definition) is 7. The number of aromatic nitrogens is 3. The molecular weight excluding hydrogens is 368 g/mol. The topological polar surface area (TPSA) is 98.4 Å². The van der Waals surface area contributed by atoms with Crippen LogP contribution in [0.3, 0.4) is 0 Å². The Morgan fingerprint density at radius 3 is 3.00 bits per heavy atom. The first kappa shape index (κ1) is 17.9. The first-order valence-electron chi connectivity index (χ1n) is 8.81. The number of ether oxygens (including phenoxy) is 1. The van der Waals surface area contributed by atoms with Gasteiger partial charge in [0.1, 0.15) is 16.7 Å². The van der Waals surface area contributed by atoms with E-state index in [4.69, 9.17) is 9.26 Å². The fourth-order valence-electron chi connectivity index (χ4n) is 3.19. The van der Waals surface area contributed by atoms with E-state index in [-0.39, 0.29) is 11.0 Å². The molecule has 0 saturated carbocycles. The van der Waals surface area contributed by atoms with E-state index in [0.717, 1.165) is 5.69 Å². The van der Waals surface area contributed by atoms with Crippen LogP contribution in [0.25, 0.3) is 11.1 Å². The quantitative estimate of drug-likeness (QED) is 0.661. The van der Waals surface area contributed by atoms with Gasteiger partial charge in [0.15, 0.2) is 0 Å². The summed E-state index contributed by atoms with van der Waals surface area (Å²) in [6.45, 7) is 4.48. The highest BCUT2D eigenvalue weighted by Gasteiger charge is 2.34. The Hall–Kier alpha value is -2.52. The van der Waals surface area contributed by atoms with Gasteiger partial charge in [-0.05, 0) is 38.0 Å². The summed E-state index contributed by atoms with van der Waals surface area (Å²) in [5.41, 5.74) is 1.83. The summed E-state index contributed by atoms with van der Waals surface area (Å²) in [6.07, 6.45) is 4.08. The molecule has 0 amide bonds. The Morgan fingerprint density at radius 2 is 2.22 bits per heavy atom. The molecule has 0 aliphatic carbocycles. The van der Waals surface area contributed by atoms with Gasteiger partial charge >= 0.3 is 0 Å². The lowest BCUT2D eigenvalue weighted by atomic mass is 10.2. The highest BCUT2D eigenvalue weighted by molar-refractivity contribution is 7.89. The van der Waals surface area contributed by atoms with Crippen molar-refractivity contribution in [2.75, 3.05) is 13.1 Å². The lowest BCUT2D eigenvalue weighted by Crippen LogP contribution is -2.31. The van der Waals surface area contributed by atoms with E-state index in [1.807, 2.05) is 19.9 Å². The second-order valence-electron chi connectivity index (χ2n) is 6.49. The van der Waals surface area contributed by atoms with Gasteiger partial charge in [0.25, 0.3) is 5.71 Å². The normalized spacial score (nSPS) is 18.2. The van der Waals surface area contributed by atoms with Crippen LogP contribution in [0.15, 0.2) is 40.0 Å². The molecule has 142 valence electrons. The van der Waals surface area contributed by atoms with Crippen molar-refractivity contribution >= 4 is 21.1 Å². The third-order valence-electron chi connectivity index (χ3n) is 4.71. The first-order valence-corrected chi connectivity index (χ1v) is 10.3. The molecule has 0 spiro atoms. The minimum Gasteiger partial charge on any atom is -0.487 e. The second kappa shape index (κ2) is 6.90. The van der Waals surface area contributed by atoms with Crippen LogP contribution >= 0.6 is 0 Å². The molecule has 3 aromatic rings. The Morgan fingerprint density at radius 1 is 1.37 bits per heavy atom. The van der Waals surface area contributed by atoms with Crippen molar-refractivity contribution in [2.45, 2.75) is 37.7 Å². The molecule has 1 aliphatic heterocycles. The molecule has 9 heteroatoms. The van der Waals surface area contributed by atoms with E-state index >= 15 is 0 Å². The Labute approximate surface area is 157 Å². The van der Waals surface area contributed by atoms with Crippen LogP contribution in [0.5, 0.6) is 5.75 Å². The summed E-state index contributed by atoms with van der Waals surface area (Å²) in [5, 5.41) is 4.57. The van der Waals surface area contributed by atoms with Gasteiger partial charge in [0, 0.05) is 12.7 Å². The number of pyridine rings is 2. The summed E-state index contributed by atoms with van der Waals surface area (Å²) in [6, 6.07) is 5.24. The summed E-state index contributed by atoms with van der Waals surface area (Å²) in [7, 11) is -3.66. The van der Waals surface area contributed by atoms with E-state index < -0.39 is 10.0 Å². The summed E-state index contributed by atoms with van der Waals surface area (Å²) in [4.78, 5) is 8.45. The number of aryl methyl sites for hydroxylation is 2. The molecule has 4 rings (SSSR count). The lowest BCUT2D eigenvalue weighted by Gasteiger charge is -2.17. The van der Waals surface area contributed by atoms with Crippen molar-refractivity contribution in [3.8, 4) is 5.75 Å². The molecule has 3 aromatic heterocycles. The van der Waals surface area contributed by atoms with Gasteiger partial charge < -0.3 is 9.26 Å². The Bertz CT molecular complexity index is 1080. The minimum atomic E-state index is -3.66. The molecule has 1 aliphatic rings. The molecule has 8 nitrogen and oxygen atoms in total. The van der Waals surface area contributed by atoms with Crippen LogP contribution in [0.2, 0.25) is 0 Å². The molecule has 0 aromatic carbocycles. The lowest BCUT2D eigenvalue weighted by molar-refractivity contribution is 0.213. The summed E-state index contributed by atoms with van der Waals surface area (Å²) < 4.78 is 38.6. The maximum absolute atomic E-state index is 13.0. The fraction of sp³-hybridized carbons (Fsp3) is 0.389. The van der Waals surface area contributed by atoms with Crippen molar-refractivity contribution in [2.24, 2.45) is 0 Å². The second-order valence-corrected chi connectivity index (χ2v) is 8.42. The molecule has 0 bridgehead atoms. The van der Waals surface area contributed by atoms with Crippen LogP contribution in [-0.4, -0.2) is 47.0 Å². The number of nitrogens with zero attached hydrogens (tertiary/aromatic N) is 4. The van der Waals surface area contributed by atoms with E-state index in [2.05, 4.69) is 15.1 Å². The van der Waals surface area contributed by atoms with E-state index in [9.17, 15) is 8.42 Å². The third-order valence-corrected chi connectivity index (χ3v) is 6.54. The molecular formula is C18H20N4O4S. The molecule has 0 radical (unpaired) electrons. The van der Waals surface area contributed by atoms with Crippen LogP contribution in [0.4, 0.5) is 0 Å². The smallest absolute Gasteiger partial charge is 0.258 e. The molecule has 1 saturated heterocycles. The molecule has 4 heterocycles. The van der Waals surface area contributed by atoms with Gasteiger partial charge in [0.05, 0.1) is 29.5 Å². The monoisotopic (exact) mass is 388 g/mol. The standard InChI is InChI=1S/C18H20N4O4S/c1-3-16-15-9-14(10-20-18(15)26-21-16)27(23,24)22-8-6-13(11-22)25-17-5-4-7-19-12(17)2/h4-5,7,9-10,13H,3,6,8,11H2,1-2H3/t13-/m0/s1. The molecule has 27 heavy (non-hydrogen) atoms. The van der Waals surface area contributed by atoms with Crippen molar-refractivity contribution in [3.05, 3.63) is 42.0 Å². The van der Waals surface area contributed by atoms with Gasteiger partial charge in [-0.15, -0.1) is 0 Å². The predicted octanol–water partition coefficient (Wildman–Crippen LogP) is 2.33. The molecule has 0 N–H and O–H groups in total. The van der Waals surface area contributed by atoms with E-state index in [1.54, 1.807) is 18.3 Å². The van der Waals surface area contributed by atoms with Crippen LogP contribution < -0.4 is 4.74 Å². The van der Waals surface area contributed by atoms with Crippen molar-refractivity contribution < 1.29 is 17.7 Å². The highest BCUT2D eigenvalue weighted by atomic mass is 32.2. The Kier molecular flexibility index (Phi) is 4.56. The summed E-state index contributed by atoms with van der Waals surface area (Å²) in [5.74, 6) is 0.682. The van der Waals surface area contributed by atoms with Crippen molar-refractivity contribution in [3.63, 3.8) is 0 Å². The van der Waals surface area contributed by atoms with Crippen LogP contribution in [-0.2, 0) is 16.4 Å². The van der Waals surface area contributed by atoms with Gasteiger partial charge in [0.2, 0.25) is 10.0 Å². The predicted molar refractivity (Wildman–Crippen MR) is 97.9 cm³/mol. The maximum Gasteiger partial charge on any atom is 0.258 e. The zero-order valence-electron chi connectivity index (χ0n) is 15.1. The van der Waals surface area contributed by atoms with E-state index in [0.29, 0.717) is 48.5 Å². The zero-order valence-corrected chi connectivity index (χ0v) is 15.9. The van der Waals surface area contributed by atoms with Gasteiger partial charge in [-0.2, -0.15) is 4.31 Å². The van der Waals surface area contributed by atoms with E-state index in [1.165, 1.54) is 10.5 Å². The largest absolute Gasteiger partial charge is 0.487 e. The van der Waals surface area contributed by atoms with Crippen molar-refractivity contribution in [1.82, 2.24) is 19.4 Å². The fourth-order valence-corrected chi connectivity index (χ4v) is 4.65. The average molecular weight is 388 g/mol. The highest BCUT2D eigenvalue weighted by Crippen LogP contribution is 2.27. The maximum atomic E-state index is 13.0. The molecule has 1 fully saturated rings. The summed E-state index contributed by atoms with van der Waals surface area (Å²) >= 11 is 0. The minimum absolute atomic E-state index is 0.145. The van der Waals surface area contributed by atoms with Crippen LogP contribution in [0.1, 0.15) is 24.7 Å². The van der Waals surface area contributed by atoms with Gasteiger partial charge in [-0.3, -0.25) is 4.98 Å². The zero-order chi connectivity index (χ0) is 19.0. The van der Waals surface area contributed by atoms with Gasteiger partial charge in [-0.25, -0.2) is 13.4 Å². The number of hydrogen-bond donors (Lipinski definition) is 0.